The van der Waals surface area contributed by atoms with Crippen LogP contribution in [0.15, 0.2) is 29.2 Å². The van der Waals surface area contributed by atoms with Crippen LogP contribution >= 0.6 is 0 Å². The summed E-state index contributed by atoms with van der Waals surface area (Å²) in [5.41, 5.74) is -0.955. The second-order valence-electron chi connectivity index (χ2n) is 7.85. The summed E-state index contributed by atoms with van der Waals surface area (Å²) in [6.07, 6.45) is -1.13. The molecule has 0 unspecified atom stereocenters. The summed E-state index contributed by atoms with van der Waals surface area (Å²) in [7, 11) is -3.82. The second-order valence-corrected chi connectivity index (χ2v) is 10.1. The van der Waals surface area contributed by atoms with Gasteiger partial charge in [0.25, 0.3) is 0 Å². The third-order valence-corrected chi connectivity index (χ3v) is 8.14. The number of alkyl halides is 3. The van der Waals surface area contributed by atoms with E-state index in [0.717, 1.165) is 18.2 Å². The molecule has 0 spiro atoms. The smallest absolute Gasteiger partial charge is 0.381 e. The molecular weight excluding hydrogens is 407 g/mol. The van der Waals surface area contributed by atoms with Crippen LogP contribution in [0.1, 0.15) is 44.1 Å². The quantitative estimate of drug-likeness (QED) is 0.771. The number of carbonyl (C=O) groups is 1. The largest absolute Gasteiger partial charge is 0.416 e. The number of nitrogens with one attached hydrogen (secondary N) is 1. The summed E-state index contributed by atoms with van der Waals surface area (Å²) in [6.45, 7) is 1.69. The first-order chi connectivity index (χ1) is 13.7. The van der Waals surface area contributed by atoms with Gasteiger partial charge in [-0.25, -0.2) is 8.42 Å². The monoisotopic (exact) mass is 433 g/mol. The highest BCUT2D eigenvalue weighted by atomic mass is 32.2. The molecule has 162 valence electrons. The van der Waals surface area contributed by atoms with Crippen LogP contribution in [0.25, 0.3) is 0 Å². The van der Waals surface area contributed by atoms with Crippen molar-refractivity contribution in [1.82, 2.24) is 5.32 Å². The molecule has 9 heteroatoms. The maximum Gasteiger partial charge on any atom is 0.416 e. The van der Waals surface area contributed by atoms with Crippen LogP contribution < -0.4 is 5.32 Å². The molecule has 1 aromatic rings. The van der Waals surface area contributed by atoms with Gasteiger partial charge in [0.1, 0.15) is 0 Å². The fraction of sp³-hybridized carbons (Fsp3) is 0.650. The molecule has 5 nitrogen and oxygen atoms in total. The van der Waals surface area contributed by atoms with Crippen LogP contribution in [-0.2, 0) is 25.5 Å². The molecule has 1 saturated heterocycles. The summed E-state index contributed by atoms with van der Waals surface area (Å²) in [6, 6.07) is 3.95. The minimum absolute atomic E-state index is 0.0204. The molecule has 1 aliphatic heterocycles. The minimum Gasteiger partial charge on any atom is -0.381 e. The zero-order valence-electron chi connectivity index (χ0n) is 16.1. The maximum absolute atomic E-state index is 12.9. The molecule has 2 fully saturated rings. The van der Waals surface area contributed by atoms with Gasteiger partial charge in [0.05, 0.1) is 15.7 Å². The lowest BCUT2D eigenvalue weighted by molar-refractivity contribution is -0.137. The summed E-state index contributed by atoms with van der Waals surface area (Å²) < 4.78 is 69.5. The Morgan fingerprint density at radius 1 is 1.07 bits per heavy atom. The maximum atomic E-state index is 12.9. The third-order valence-electron chi connectivity index (χ3n) is 5.88. The van der Waals surface area contributed by atoms with E-state index in [1.807, 2.05) is 0 Å². The lowest BCUT2D eigenvalue weighted by Crippen LogP contribution is -2.38. The van der Waals surface area contributed by atoms with Crippen LogP contribution in [0.4, 0.5) is 13.2 Å². The van der Waals surface area contributed by atoms with Gasteiger partial charge in [-0.15, -0.1) is 0 Å². The molecule has 2 aliphatic rings. The van der Waals surface area contributed by atoms with Crippen molar-refractivity contribution in [2.24, 2.45) is 11.8 Å². The summed E-state index contributed by atoms with van der Waals surface area (Å²) >= 11 is 0. The molecule has 1 N–H and O–H groups in total. The first-order valence-electron chi connectivity index (χ1n) is 9.94. The number of ether oxygens (including phenoxy) is 1. The molecule has 1 aromatic carbocycles. The fourth-order valence-electron chi connectivity index (χ4n) is 4.04. The Morgan fingerprint density at radius 3 is 2.34 bits per heavy atom. The van der Waals surface area contributed by atoms with Crippen LogP contribution in [0, 0.1) is 11.8 Å². The fourth-order valence-corrected chi connectivity index (χ4v) is 5.87. The van der Waals surface area contributed by atoms with E-state index in [9.17, 15) is 26.4 Å². The number of hydrogen-bond acceptors (Lipinski definition) is 4. The van der Waals surface area contributed by atoms with Gasteiger partial charge in [-0.2, -0.15) is 13.2 Å². The topological polar surface area (TPSA) is 72.5 Å². The van der Waals surface area contributed by atoms with E-state index >= 15 is 0 Å². The molecule has 1 heterocycles. The van der Waals surface area contributed by atoms with E-state index in [2.05, 4.69) is 5.32 Å². The first-order valence-corrected chi connectivity index (χ1v) is 11.5. The van der Waals surface area contributed by atoms with Gasteiger partial charge in [-0.05, 0) is 62.6 Å². The van der Waals surface area contributed by atoms with E-state index in [1.54, 1.807) is 0 Å². The predicted molar refractivity (Wildman–Crippen MR) is 101 cm³/mol. The van der Waals surface area contributed by atoms with Gasteiger partial charge in [-0.3, -0.25) is 4.79 Å². The van der Waals surface area contributed by atoms with E-state index < -0.39 is 26.8 Å². The molecule has 29 heavy (non-hydrogen) atoms. The SMILES string of the molecule is O=C(NCC1CCC(S(=O)(=O)c2cccc(C(F)(F)F)c2)CC1)C1CCOCC1. The molecule has 3 rings (SSSR count). The molecule has 0 atom stereocenters. The Bertz CT molecular complexity index is 811. The summed E-state index contributed by atoms with van der Waals surface area (Å²) in [5.74, 6) is 0.181. The first kappa shape index (κ1) is 22.1. The molecule has 0 radical (unpaired) electrons. The number of sulfone groups is 1. The highest BCUT2D eigenvalue weighted by molar-refractivity contribution is 7.92. The molecular formula is C20H26F3NO4S. The number of halogens is 3. The Kier molecular flexibility index (Phi) is 6.88. The van der Waals surface area contributed by atoms with Crippen LogP contribution in [-0.4, -0.2) is 39.3 Å². The average molecular weight is 433 g/mol. The number of hydrogen-bond donors (Lipinski definition) is 1. The summed E-state index contributed by atoms with van der Waals surface area (Å²) in [5, 5.41) is 2.28. The van der Waals surface area contributed by atoms with Crippen molar-refractivity contribution in [3.8, 4) is 0 Å². The lowest BCUT2D eigenvalue weighted by Gasteiger charge is -2.29. The molecule has 1 saturated carbocycles. The van der Waals surface area contributed by atoms with Crippen LogP contribution in [0.5, 0.6) is 0 Å². The number of rotatable bonds is 5. The van der Waals surface area contributed by atoms with Crippen molar-refractivity contribution >= 4 is 15.7 Å². The van der Waals surface area contributed by atoms with Crippen molar-refractivity contribution < 1.29 is 31.1 Å². The number of carbonyl (C=O) groups excluding carboxylic acids is 1. The minimum atomic E-state index is -4.58. The van der Waals surface area contributed by atoms with Gasteiger partial charge in [0, 0.05) is 25.7 Å². The molecule has 1 amide bonds. The summed E-state index contributed by atoms with van der Waals surface area (Å²) in [4.78, 5) is 11.9. The number of benzene rings is 1. The van der Waals surface area contributed by atoms with E-state index in [1.165, 1.54) is 6.07 Å². The highest BCUT2D eigenvalue weighted by Gasteiger charge is 2.35. The standard InChI is InChI=1S/C20H26F3NO4S/c21-20(22,23)16-2-1-3-18(12-16)29(26,27)17-6-4-14(5-7-17)13-24-19(25)15-8-10-28-11-9-15/h1-3,12,14-15,17H,4-11,13H2,(H,24,25). The molecule has 1 aliphatic carbocycles. The molecule has 0 aromatic heterocycles. The predicted octanol–water partition coefficient (Wildman–Crippen LogP) is 3.58. The average Bonchev–Trinajstić information content (AvgIpc) is 2.72. The zero-order valence-corrected chi connectivity index (χ0v) is 16.9. The molecule has 0 bridgehead atoms. The van der Waals surface area contributed by atoms with E-state index in [0.29, 0.717) is 58.3 Å². The normalized spacial score (nSPS) is 24.2. The second kappa shape index (κ2) is 9.04. The highest BCUT2D eigenvalue weighted by Crippen LogP contribution is 2.35. The van der Waals surface area contributed by atoms with Gasteiger partial charge in [0.2, 0.25) is 5.91 Å². The van der Waals surface area contributed by atoms with Crippen molar-refractivity contribution in [1.29, 1.82) is 0 Å². The van der Waals surface area contributed by atoms with E-state index in [4.69, 9.17) is 4.74 Å². The van der Waals surface area contributed by atoms with E-state index in [-0.39, 0.29) is 22.6 Å². The van der Waals surface area contributed by atoms with Crippen molar-refractivity contribution in [3.05, 3.63) is 29.8 Å². The third kappa shape index (κ3) is 5.51. The van der Waals surface area contributed by atoms with Crippen molar-refractivity contribution in [2.45, 2.75) is 54.8 Å². The van der Waals surface area contributed by atoms with Crippen LogP contribution in [0.3, 0.4) is 0 Å². The Labute approximate surface area is 168 Å². The van der Waals surface area contributed by atoms with Crippen molar-refractivity contribution in [3.63, 3.8) is 0 Å². The van der Waals surface area contributed by atoms with Gasteiger partial charge >= 0.3 is 6.18 Å². The van der Waals surface area contributed by atoms with Gasteiger partial charge in [-0.1, -0.05) is 6.07 Å². The Morgan fingerprint density at radius 2 is 1.72 bits per heavy atom. The lowest BCUT2D eigenvalue weighted by atomic mass is 9.88. The Balaban J connectivity index is 1.54. The van der Waals surface area contributed by atoms with Gasteiger partial charge < -0.3 is 10.1 Å². The zero-order chi connectivity index (χ0) is 21.1. The van der Waals surface area contributed by atoms with Crippen molar-refractivity contribution in [2.75, 3.05) is 19.8 Å². The Hall–Kier alpha value is -1.61. The number of amides is 1. The van der Waals surface area contributed by atoms with Gasteiger partial charge in [0.15, 0.2) is 9.84 Å². The van der Waals surface area contributed by atoms with Crippen LogP contribution in [0.2, 0.25) is 0 Å².